The fraction of sp³-hybridized carbons (Fsp3) is 0. The summed E-state index contributed by atoms with van der Waals surface area (Å²) in [5.41, 5.74) is -0.274. The second kappa shape index (κ2) is 7.84. The van der Waals surface area contributed by atoms with Crippen molar-refractivity contribution in [2.75, 3.05) is 0 Å². The lowest BCUT2D eigenvalue weighted by Gasteiger charge is -2.12. The molecule has 0 fully saturated rings. The molecule has 1 aromatic heterocycles. The van der Waals surface area contributed by atoms with Crippen LogP contribution in [0.4, 0.5) is 0 Å². The van der Waals surface area contributed by atoms with Crippen molar-refractivity contribution in [1.82, 2.24) is 4.98 Å². The smallest absolute Gasteiger partial charge is 0.336 e. The molecule has 1 heterocycles. The Morgan fingerprint density at radius 2 is 1.07 bits per heavy atom. The van der Waals surface area contributed by atoms with E-state index in [1.165, 1.54) is 30.5 Å². The Hall–Kier alpha value is -4.53. The summed E-state index contributed by atoms with van der Waals surface area (Å²) >= 11 is 0. The first-order valence-electron chi connectivity index (χ1n) is 8.37. The normalized spacial score (nSPS) is 10.4. The van der Waals surface area contributed by atoms with Gasteiger partial charge in [-0.05, 0) is 35.9 Å². The zero-order chi connectivity index (χ0) is 22.0. The van der Waals surface area contributed by atoms with E-state index in [2.05, 4.69) is 4.98 Å². The number of hydrogen-bond donors (Lipinski definition) is 4. The van der Waals surface area contributed by atoms with E-state index >= 15 is 0 Å². The van der Waals surface area contributed by atoms with Crippen molar-refractivity contribution >= 4 is 23.9 Å². The van der Waals surface area contributed by atoms with Gasteiger partial charge in [-0.15, -0.1) is 0 Å². The summed E-state index contributed by atoms with van der Waals surface area (Å²) < 4.78 is 0. The van der Waals surface area contributed by atoms with Gasteiger partial charge >= 0.3 is 23.9 Å². The molecule has 3 rings (SSSR count). The molecule has 9 nitrogen and oxygen atoms in total. The van der Waals surface area contributed by atoms with Gasteiger partial charge in [0.05, 0.1) is 27.9 Å². The van der Waals surface area contributed by atoms with Crippen molar-refractivity contribution in [3.05, 3.63) is 77.0 Å². The Kier molecular flexibility index (Phi) is 5.28. The quantitative estimate of drug-likeness (QED) is 0.480. The minimum absolute atomic E-state index is 0.274. The second-order valence-electron chi connectivity index (χ2n) is 6.14. The number of carboxylic acid groups (broad SMARTS) is 4. The van der Waals surface area contributed by atoms with Crippen LogP contribution in [-0.2, 0) is 0 Å². The summed E-state index contributed by atoms with van der Waals surface area (Å²) in [6.45, 7) is 0. The highest BCUT2D eigenvalue weighted by molar-refractivity contribution is 6.04. The third kappa shape index (κ3) is 3.72. The molecule has 0 saturated carbocycles. The Balaban J connectivity index is 2.22. The molecule has 3 aromatic rings. The van der Waals surface area contributed by atoms with Crippen molar-refractivity contribution in [2.45, 2.75) is 0 Å². The van der Waals surface area contributed by atoms with Crippen LogP contribution in [0.3, 0.4) is 0 Å². The van der Waals surface area contributed by atoms with E-state index in [4.69, 9.17) is 0 Å². The van der Waals surface area contributed by atoms with Crippen LogP contribution in [-0.4, -0.2) is 49.3 Å². The Morgan fingerprint density at radius 3 is 1.57 bits per heavy atom. The zero-order valence-corrected chi connectivity index (χ0v) is 15.1. The molecule has 0 aliphatic heterocycles. The highest BCUT2D eigenvalue weighted by Crippen LogP contribution is 2.32. The number of benzene rings is 2. The summed E-state index contributed by atoms with van der Waals surface area (Å²) in [4.78, 5) is 49.7. The number of nitrogens with zero attached hydrogens (tertiary/aromatic N) is 1. The average Bonchev–Trinajstić information content (AvgIpc) is 2.72. The molecule has 150 valence electrons. The molecule has 0 saturated heterocycles. The van der Waals surface area contributed by atoms with E-state index in [1.54, 1.807) is 12.1 Å². The molecule has 0 unspecified atom stereocenters. The molecule has 0 aliphatic rings. The van der Waals surface area contributed by atoms with Crippen LogP contribution in [0.1, 0.15) is 41.4 Å². The van der Waals surface area contributed by atoms with Crippen LogP contribution in [0.25, 0.3) is 22.4 Å². The van der Waals surface area contributed by atoms with Crippen LogP contribution in [0.2, 0.25) is 0 Å². The fourth-order valence-corrected chi connectivity index (χ4v) is 3.00. The molecule has 0 amide bonds. The van der Waals surface area contributed by atoms with E-state index in [9.17, 15) is 39.6 Å². The molecular formula is C21H13NO8. The second-order valence-corrected chi connectivity index (χ2v) is 6.14. The van der Waals surface area contributed by atoms with Crippen molar-refractivity contribution < 1.29 is 39.6 Å². The van der Waals surface area contributed by atoms with Crippen LogP contribution in [0, 0.1) is 0 Å². The highest BCUT2D eigenvalue weighted by atomic mass is 16.4. The van der Waals surface area contributed by atoms with Gasteiger partial charge in [0.2, 0.25) is 0 Å². The van der Waals surface area contributed by atoms with Crippen molar-refractivity contribution in [3.63, 3.8) is 0 Å². The topological polar surface area (TPSA) is 162 Å². The molecule has 0 atom stereocenters. The molecule has 30 heavy (non-hydrogen) atoms. The van der Waals surface area contributed by atoms with E-state index in [-0.39, 0.29) is 16.8 Å². The summed E-state index contributed by atoms with van der Waals surface area (Å²) in [5.74, 6) is -5.62. The molecule has 0 spiro atoms. The first-order chi connectivity index (χ1) is 14.2. The van der Waals surface area contributed by atoms with E-state index < -0.39 is 35.0 Å². The lowest BCUT2D eigenvalue weighted by Crippen LogP contribution is -2.09. The maximum Gasteiger partial charge on any atom is 0.336 e. The number of aromatic carboxylic acids is 4. The van der Waals surface area contributed by atoms with Gasteiger partial charge in [0.25, 0.3) is 0 Å². The molecule has 0 aliphatic carbocycles. The maximum atomic E-state index is 11.5. The SMILES string of the molecule is O=C(O)c1ccc(-c2cccnc2-c2ccc(C(=O)O)c(C(=O)O)c2)cc1C(=O)O. The standard InChI is InChI=1S/C21H13NO8/c23-18(24)13-5-3-10(8-15(13)20(27)28)12-2-1-7-22-17(12)11-4-6-14(19(25)26)16(9-11)21(29)30/h1-9H,(H,23,24)(H,25,26)(H,27,28)(H,29,30). The predicted octanol–water partition coefficient (Wildman–Crippen LogP) is 3.21. The zero-order valence-electron chi connectivity index (χ0n) is 15.1. The molecule has 0 bridgehead atoms. The average molecular weight is 407 g/mol. The van der Waals surface area contributed by atoms with Gasteiger partial charge in [0.15, 0.2) is 0 Å². The lowest BCUT2D eigenvalue weighted by molar-refractivity contribution is 0.0651. The summed E-state index contributed by atoms with van der Waals surface area (Å²) in [6, 6.07) is 10.7. The monoisotopic (exact) mass is 407 g/mol. The largest absolute Gasteiger partial charge is 0.478 e. The van der Waals surface area contributed by atoms with Crippen molar-refractivity contribution in [3.8, 4) is 22.4 Å². The molecule has 4 N–H and O–H groups in total. The lowest BCUT2D eigenvalue weighted by atomic mass is 9.94. The molecule has 2 aromatic carbocycles. The molecular weight excluding hydrogens is 394 g/mol. The fourth-order valence-electron chi connectivity index (χ4n) is 3.00. The Morgan fingerprint density at radius 1 is 0.600 bits per heavy atom. The third-order valence-electron chi connectivity index (χ3n) is 4.35. The number of carbonyl (C=O) groups is 4. The molecule has 0 radical (unpaired) electrons. The van der Waals surface area contributed by atoms with Gasteiger partial charge in [0, 0.05) is 17.3 Å². The van der Waals surface area contributed by atoms with Gasteiger partial charge in [-0.1, -0.05) is 18.2 Å². The van der Waals surface area contributed by atoms with Crippen LogP contribution in [0.5, 0.6) is 0 Å². The number of carboxylic acids is 4. The maximum absolute atomic E-state index is 11.5. The first kappa shape index (κ1) is 20.2. The van der Waals surface area contributed by atoms with Crippen molar-refractivity contribution in [1.29, 1.82) is 0 Å². The summed E-state index contributed by atoms with van der Waals surface area (Å²) in [7, 11) is 0. The van der Waals surface area contributed by atoms with Crippen molar-refractivity contribution in [2.24, 2.45) is 0 Å². The summed E-state index contributed by atoms with van der Waals surface area (Å²) in [5, 5.41) is 37.1. The predicted molar refractivity (Wildman–Crippen MR) is 103 cm³/mol. The third-order valence-corrected chi connectivity index (χ3v) is 4.35. The minimum atomic E-state index is -1.43. The number of hydrogen-bond acceptors (Lipinski definition) is 5. The summed E-state index contributed by atoms with van der Waals surface area (Å²) in [6.07, 6.45) is 1.44. The van der Waals surface area contributed by atoms with Gasteiger partial charge in [-0.3, -0.25) is 4.98 Å². The van der Waals surface area contributed by atoms with E-state index in [0.29, 0.717) is 16.7 Å². The van der Waals surface area contributed by atoms with Gasteiger partial charge in [0.1, 0.15) is 0 Å². The Labute approximate surface area is 168 Å². The molecule has 9 heteroatoms. The van der Waals surface area contributed by atoms with E-state index in [0.717, 1.165) is 12.1 Å². The van der Waals surface area contributed by atoms with Crippen LogP contribution in [0.15, 0.2) is 54.7 Å². The first-order valence-corrected chi connectivity index (χ1v) is 8.37. The van der Waals surface area contributed by atoms with Crippen LogP contribution >= 0.6 is 0 Å². The number of pyridine rings is 1. The van der Waals surface area contributed by atoms with Gasteiger partial charge in [-0.2, -0.15) is 0 Å². The van der Waals surface area contributed by atoms with Gasteiger partial charge < -0.3 is 20.4 Å². The number of aromatic nitrogens is 1. The minimum Gasteiger partial charge on any atom is -0.478 e. The van der Waals surface area contributed by atoms with Crippen LogP contribution < -0.4 is 0 Å². The van der Waals surface area contributed by atoms with Gasteiger partial charge in [-0.25, -0.2) is 19.2 Å². The Bertz CT molecular complexity index is 1120. The number of rotatable bonds is 6. The van der Waals surface area contributed by atoms with E-state index in [1.807, 2.05) is 0 Å². The highest BCUT2D eigenvalue weighted by Gasteiger charge is 2.20.